The van der Waals surface area contributed by atoms with E-state index < -0.39 is 0 Å². The van der Waals surface area contributed by atoms with Crippen LogP contribution in [0.4, 0.5) is 5.82 Å². The Morgan fingerprint density at radius 2 is 2.05 bits per heavy atom. The van der Waals surface area contributed by atoms with Gasteiger partial charge in [0, 0.05) is 19.3 Å². The number of pyridine rings is 1. The normalized spacial score (nSPS) is 15.7. The number of fused-ring (bicyclic) bond motifs is 1. The van der Waals surface area contributed by atoms with Gasteiger partial charge in [0.05, 0.1) is 31.2 Å². The summed E-state index contributed by atoms with van der Waals surface area (Å²) in [4.78, 5) is 26.6. The second-order valence-electron chi connectivity index (χ2n) is 4.44. The third-order valence-electron chi connectivity index (χ3n) is 3.16. The van der Waals surface area contributed by atoms with Gasteiger partial charge in [0.25, 0.3) is 0 Å². The number of ether oxygens (including phenoxy) is 1. The average Bonchev–Trinajstić information content (AvgIpc) is 2.47. The highest BCUT2D eigenvalue weighted by Crippen LogP contribution is 2.19. The van der Waals surface area contributed by atoms with Crippen molar-refractivity contribution in [3.63, 3.8) is 0 Å². The molecule has 0 radical (unpaired) electrons. The molecule has 0 aromatic carbocycles. The molecule has 0 saturated carbocycles. The number of hydrogen-bond acceptors (Lipinski definition) is 6. The maximum Gasteiger partial charge on any atom is 0.163 e. The molecule has 0 unspecified atom stereocenters. The summed E-state index contributed by atoms with van der Waals surface area (Å²) in [5, 5.41) is 0. The van der Waals surface area contributed by atoms with E-state index in [1.54, 1.807) is 18.6 Å². The first-order valence-electron chi connectivity index (χ1n) is 6.20. The Morgan fingerprint density at radius 3 is 2.79 bits per heavy atom. The number of rotatable bonds is 2. The van der Waals surface area contributed by atoms with E-state index in [0.717, 1.165) is 18.9 Å². The van der Waals surface area contributed by atoms with Crippen molar-refractivity contribution in [2.45, 2.75) is 6.92 Å². The summed E-state index contributed by atoms with van der Waals surface area (Å²) in [6.07, 6.45) is 4.89. The van der Waals surface area contributed by atoms with Crippen LogP contribution in [-0.2, 0) is 4.74 Å². The molecule has 2 aromatic rings. The van der Waals surface area contributed by atoms with E-state index in [1.165, 1.54) is 6.92 Å². The summed E-state index contributed by atoms with van der Waals surface area (Å²) in [7, 11) is 0. The third-order valence-corrected chi connectivity index (χ3v) is 3.16. The van der Waals surface area contributed by atoms with Gasteiger partial charge in [-0.1, -0.05) is 0 Å². The van der Waals surface area contributed by atoms with Crippen LogP contribution in [0.1, 0.15) is 17.3 Å². The molecule has 2 aromatic heterocycles. The van der Waals surface area contributed by atoms with Gasteiger partial charge in [0.15, 0.2) is 5.78 Å². The van der Waals surface area contributed by atoms with Gasteiger partial charge in [-0.25, -0.2) is 9.97 Å². The number of Topliss-reactive ketones (excluding diaryl/α,β-unsaturated/α-hetero) is 1. The first-order chi connectivity index (χ1) is 9.25. The first kappa shape index (κ1) is 12.0. The Bertz CT molecular complexity index is 623. The lowest BCUT2D eigenvalue weighted by Crippen LogP contribution is -2.36. The zero-order chi connectivity index (χ0) is 13.2. The average molecular weight is 258 g/mol. The summed E-state index contributed by atoms with van der Waals surface area (Å²) in [5.74, 6) is 0.732. The Labute approximate surface area is 110 Å². The molecule has 19 heavy (non-hydrogen) atoms. The standard InChI is InChI=1S/C13H14N4O2/c1-9(18)10-6-14-7-11-13(10)16-12(8-15-11)17-2-4-19-5-3-17/h6-8H,2-5H2,1H3. The number of ketones is 1. The van der Waals surface area contributed by atoms with Crippen LogP contribution in [0.15, 0.2) is 18.6 Å². The van der Waals surface area contributed by atoms with E-state index in [4.69, 9.17) is 4.74 Å². The molecule has 0 bridgehead atoms. The Morgan fingerprint density at radius 1 is 1.26 bits per heavy atom. The highest BCUT2D eigenvalue weighted by molar-refractivity contribution is 6.04. The molecule has 1 aliphatic heterocycles. The summed E-state index contributed by atoms with van der Waals surface area (Å²) in [6, 6.07) is 0. The lowest BCUT2D eigenvalue weighted by Gasteiger charge is -2.27. The lowest BCUT2D eigenvalue weighted by molar-refractivity contribution is 0.101. The van der Waals surface area contributed by atoms with Gasteiger partial charge in [0.1, 0.15) is 16.9 Å². The summed E-state index contributed by atoms with van der Waals surface area (Å²) in [5.41, 5.74) is 1.77. The van der Waals surface area contributed by atoms with E-state index in [2.05, 4.69) is 19.9 Å². The molecular formula is C13H14N4O2. The first-order valence-corrected chi connectivity index (χ1v) is 6.20. The number of nitrogens with zero attached hydrogens (tertiary/aromatic N) is 4. The monoisotopic (exact) mass is 258 g/mol. The van der Waals surface area contributed by atoms with Gasteiger partial charge >= 0.3 is 0 Å². The molecule has 6 heteroatoms. The number of carbonyl (C=O) groups is 1. The topological polar surface area (TPSA) is 68.2 Å². The molecule has 3 rings (SSSR count). The Kier molecular flexibility index (Phi) is 3.08. The van der Waals surface area contributed by atoms with Gasteiger partial charge in [-0.2, -0.15) is 0 Å². The quantitative estimate of drug-likeness (QED) is 0.750. The fraction of sp³-hybridized carbons (Fsp3) is 0.385. The highest BCUT2D eigenvalue weighted by atomic mass is 16.5. The molecule has 0 amide bonds. The predicted octanol–water partition coefficient (Wildman–Crippen LogP) is 1.06. The molecule has 1 saturated heterocycles. The van der Waals surface area contributed by atoms with Crippen molar-refractivity contribution < 1.29 is 9.53 Å². The minimum atomic E-state index is -0.0495. The number of morpholine rings is 1. The van der Waals surface area contributed by atoms with Crippen molar-refractivity contribution in [1.82, 2.24) is 15.0 Å². The molecule has 0 spiro atoms. The van der Waals surface area contributed by atoms with Gasteiger partial charge < -0.3 is 9.64 Å². The molecule has 1 fully saturated rings. The van der Waals surface area contributed by atoms with Crippen LogP contribution < -0.4 is 4.90 Å². The molecule has 1 aliphatic rings. The molecule has 3 heterocycles. The number of hydrogen-bond donors (Lipinski definition) is 0. The lowest BCUT2D eigenvalue weighted by atomic mass is 10.2. The predicted molar refractivity (Wildman–Crippen MR) is 70.4 cm³/mol. The second-order valence-corrected chi connectivity index (χ2v) is 4.44. The van der Waals surface area contributed by atoms with Crippen molar-refractivity contribution in [2.75, 3.05) is 31.2 Å². The highest BCUT2D eigenvalue weighted by Gasteiger charge is 2.15. The summed E-state index contributed by atoms with van der Waals surface area (Å²) in [6.45, 7) is 4.48. The van der Waals surface area contributed by atoms with Crippen LogP contribution in [0.25, 0.3) is 11.0 Å². The van der Waals surface area contributed by atoms with Gasteiger partial charge in [-0.3, -0.25) is 9.78 Å². The zero-order valence-corrected chi connectivity index (χ0v) is 10.7. The number of aromatic nitrogens is 3. The molecule has 0 atom stereocenters. The maximum absolute atomic E-state index is 11.6. The summed E-state index contributed by atoms with van der Waals surface area (Å²) < 4.78 is 5.32. The van der Waals surface area contributed by atoms with Crippen molar-refractivity contribution in [3.8, 4) is 0 Å². The maximum atomic E-state index is 11.6. The molecule has 6 nitrogen and oxygen atoms in total. The van der Waals surface area contributed by atoms with Crippen LogP contribution in [0.5, 0.6) is 0 Å². The third kappa shape index (κ3) is 2.26. The van der Waals surface area contributed by atoms with E-state index in [-0.39, 0.29) is 5.78 Å². The number of anilines is 1. The molecule has 0 N–H and O–H groups in total. The van der Waals surface area contributed by atoms with E-state index >= 15 is 0 Å². The largest absolute Gasteiger partial charge is 0.378 e. The zero-order valence-electron chi connectivity index (χ0n) is 10.7. The second kappa shape index (κ2) is 4.89. The fourth-order valence-corrected chi connectivity index (χ4v) is 2.13. The Balaban J connectivity index is 2.08. The van der Waals surface area contributed by atoms with E-state index in [0.29, 0.717) is 29.8 Å². The van der Waals surface area contributed by atoms with Crippen molar-refractivity contribution in [1.29, 1.82) is 0 Å². The van der Waals surface area contributed by atoms with E-state index in [1.807, 2.05) is 0 Å². The smallest absolute Gasteiger partial charge is 0.163 e. The minimum Gasteiger partial charge on any atom is -0.378 e. The van der Waals surface area contributed by atoms with Crippen molar-refractivity contribution in [2.24, 2.45) is 0 Å². The van der Waals surface area contributed by atoms with Crippen LogP contribution in [0.2, 0.25) is 0 Å². The Hall–Kier alpha value is -2.08. The molecule has 98 valence electrons. The number of carbonyl (C=O) groups excluding carboxylic acids is 1. The van der Waals surface area contributed by atoms with E-state index in [9.17, 15) is 4.79 Å². The minimum absolute atomic E-state index is 0.0495. The van der Waals surface area contributed by atoms with Gasteiger partial charge in [-0.05, 0) is 6.92 Å². The fourth-order valence-electron chi connectivity index (χ4n) is 2.13. The summed E-state index contributed by atoms with van der Waals surface area (Å²) >= 11 is 0. The van der Waals surface area contributed by atoms with Crippen LogP contribution in [0.3, 0.4) is 0 Å². The van der Waals surface area contributed by atoms with Crippen LogP contribution in [-0.4, -0.2) is 47.0 Å². The van der Waals surface area contributed by atoms with Crippen molar-refractivity contribution in [3.05, 3.63) is 24.2 Å². The molecule has 0 aliphatic carbocycles. The molecular weight excluding hydrogens is 244 g/mol. The van der Waals surface area contributed by atoms with Gasteiger partial charge in [0.2, 0.25) is 0 Å². The van der Waals surface area contributed by atoms with Gasteiger partial charge in [-0.15, -0.1) is 0 Å². The van der Waals surface area contributed by atoms with Crippen molar-refractivity contribution >= 4 is 22.6 Å². The van der Waals surface area contributed by atoms with Crippen LogP contribution >= 0.6 is 0 Å². The van der Waals surface area contributed by atoms with Crippen LogP contribution in [0, 0.1) is 0 Å². The SMILES string of the molecule is CC(=O)c1cncc2ncc(N3CCOCC3)nc12.